The monoisotopic (exact) mass is 318 g/mol. The maximum absolute atomic E-state index is 13.2. The first-order chi connectivity index (χ1) is 11.0. The average molecular weight is 318 g/mol. The van der Waals surface area contributed by atoms with Crippen LogP contribution in [0.2, 0.25) is 0 Å². The highest BCUT2D eigenvalue weighted by Gasteiger charge is 2.12. The Kier molecular flexibility index (Phi) is 5.82. The van der Waals surface area contributed by atoms with Crippen molar-refractivity contribution in [2.45, 2.75) is 25.9 Å². The van der Waals surface area contributed by atoms with Crippen molar-refractivity contribution in [3.63, 3.8) is 0 Å². The lowest BCUT2D eigenvalue weighted by atomic mass is 10.1. The van der Waals surface area contributed by atoms with Gasteiger partial charge in [-0.25, -0.2) is 8.78 Å². The molecule has 0 aliphatic heterocycles. The molecule has 0 spiro atoms. The molecule has 1 amide bonds. The molecule has 0 radical (unpaired) electrons. The van der Waals surface area contributed by atoms with Crippen molar-refractivity contribution < 1.29 is 13.6 Å². The van der Waals surface area contributed by atoms with Crippen LogP contribution in [0.25, 0.3) is 0 Å². The van der Waals surface area contributed by atoms with Crippen LogP contribution < -0.4 is 10.6 Å². The van der Waals surface area contributed by atoms with Crippen molar-refractivity contribution in [2.24, 2.45) is 0 Å². The van der Waals surface area contributed by atoms with Crippen molar-refractivity contribution in [3.8, 4) is 0 Å². The summed E-state index contributed by atoms with van der Waals surface area (Å²) in [6, 6.07) is 13.0. The molecule has 23 heavy (non-hydrogen) atoms. The molecule has 0 unspecified atom stereocenters. The average Bonchev–Trinajstić information content (AvgIpc) is 2.56. The molecule has 0 saturated carbocycles. The van der Waals surface area contributed by atoms with Crippen LogP contribution in [0.5, 0.6) is 0 Å². The number of benzene rings is 2. The summed E-state index contributed by atoms with van der Waals surface area (Å²) >= 11 is 0. The summed E-state index contributed by atoms with van der Waals surface area (Å²) in [7, 11) is 0. The Morgan fingerprint density at radius 3 is 2.30 bits per heavy atom. The highest BCUT2D eigenvalue weighted by Crippen LogP contribution is 2.16. The van der Waals surface area contributed by atoms with Crippen molar-refractivity contribution in [1.82, 2.24) is 10.6 Å². The zero-order chi connectivity index (χ0) is 16.8. The van der Waals surface area contributed by atoms with Gasteiger partial charge in [0.05, 0.1) is 12.6 Å². The second-order valence-electron chi connectivity index (χ2n) is 5.48. The molecule has 2 rings (SSSR count). The van der Waals surface area contributed by atoms with Crippen LogP contribution in [-0.2, 0) is 4.79 Å². The van der Waals surface area contributed by atoms with Crippen molar-refractivity contribution >= 4 is 5.91 Å². The third-order valence-electron chi connectivity index (χ3n) is 3.69. The zero-order valence-corrected chi connectivity index (χ0v) is 13.1. The maximum Gasteiger partial charge on any atom is 0.234 e. The van der Waals surface area contributed by atoms with Gasteiger partial charge in [-0.1, -0.05) is 36.4 Å². The Morgan fingerprint density at radius 2 is 1.65 bits per heavy atom. The molecule has 0 fully saturated rings. The molecule has 0 aromatic heterocycles. The van der Waals surface area contributed by atoms with E-state index in [9.17, 15) is 13.6 Å². The molecule has 0 aliphatic rings. The molecule has 2 N–H and O–H groups in total. The number of carbonyl (C=O) groups is 1. The number of nitrogens with one attached hydrogen (secondary N) is 2. The van der Waals surface area contributed by atoms with Crippen LogP contribution >= 0.6 is 0 Å². The minimum Gasteiger partial charge on any atom is -0.348 e. The topological polar surface area (TPSA) is 41.1 Å². The van der Waals surface area contributed by atoms with Gasteiger partial charge in [0, 0.05) is 6.04 Å². The minimum atomic E-state index is -0.890. The smallest absolute Gasteiger partial charge is 0.234 e. The normalized spacial score (nSPS) is 13.4. The molecular formula is C18H20F2N2O. The van der Waals surface area contributed by atoms with Crippen molar-refractivity contribution in [1.29, 1.82) is 0 Å². The summed E-state index contributed by atoms with van der Waals surface area (Å²) in [5, 5.41) is 5.89. The Balaban J connectivity index is 1.85. The molecule has 3 nitrogen and oxygen atoms in total. The van der Waals surface area contributed by atoms with Crippen molar-refractivity contribution in [3.05, 3.63) is 71.3 Å². The first-order valence-corrected chi connectivity index (χ1v) is 7.50. The fourth-order valence-corrected chi connectivity index (χ4v) is 2.26. The van der Waals surface area contributed by atoms with Crippen LogP contribution in [0.4, 0.5) is 8.78 Å². The number of rotatable bonds is 6. The third kappa shape index (κ3) is 4.86. The number of halogens is 2. The van der Waals surface area contributed by atoms with E-state index in [-0.39, 0.29) is 24.5 Å². The second kappa shape index (κ2) is 7.83. The maximum atomic E-state index is 13.2. The van der Waals surface area contributed by atoms with E-state index in [0.29, 0.717) is 5.56 Å². The SMILES string of the molecule is C[C@@H](NCC(=O)N[C@H](C)c1ccccc1)c1ccc(F)c(F)c1. The van der Waals surface area contributed by atoms with Crippen LogP contribution in [-0.4, -0.2) is 12.5 Å². The summed E-state index contributed by atoms with van der Waals surface area (Å²) in [5.41, 5.74) is 1.61. The van der Waals surface area contributed by atoms with Gasteiger partial charge >= 0.3 is 0 Å². The van der Waals surface area contributed by atoms with Gasteiger partial charge in [-0.05, 0) is 37.1 Å². The van der Waals surface area contributed by atoms with Crippen LogP contribution in [0.15, 0.2) is 48.5 Å². The second-order valence-corrected chi connectivity index (χ2v) is 5.48. The fourth-order valence-electron chi connectivity index (χ4n) is 2.26. The first kappa shape index (κ1) is 17.1. The number of carbonyl (C=O) groups excluding carboxylic acids is 1. The molecule has 0 bridgehead atoms. The van der Waals surface area contributed by atoms with E-state index in [1.165, 1.54) is 6.07 Å². The number of amides is 1. The van der Waals surface area contributed by atoms with Gasteiger partial charge in [-0.15, -0.1) is 0 Å². The Bertz CT molecular complexity index is 661. The summed E-state index contributed by atoms with van der Waals surface area (Å²) in [4.78, 5) is 12.0. The quantitative estimate of drug-likeness (QED) is 0.856. The molecule has 2 aromatic rings. The van der Waals surface area contributed by atoms with Crippen molar-refractivity contribution in [2.75, 3.05) is 6.54 Å². The Labute approximate surface area is 134 Å². The van der Waals surface area contributed by atoms with E-state index >= 15 is 0 Å². The summed E-state index contributed by atoms with van der Waals surface area (Å²) in [5.74, 6) is -1.93. The van der Waals surface area contributed by atoms with E-state index in [1.54, 1.807) is 6.92 Å². The summed E-state index contributed by atoms with van der Waals surface area (Å²) < 4.78 is 26.1. The van der Waals surface area contributed by atoms with Gasteiger partial charge in [0.2, 0.25) is 5.91 Å². The van der Waals surface area contributed by atoms with Gasteiger partial charge in [-0.2, -0.15) is 0 Å². The highest BCUT2D eigenvalue weighted by atomic mass is 19.2. The predicted octanol–water partition coefficient (Wildman–Crippen LogP) is 3.49. The van der Waals surface area contributed by atoms with Gasteiger partial charge < -0.3 is 10.6 Å². The number of hydrogen-bond donors (Lipinski definition) is 2. The van der Waals surface area contributed by atoms with Crippen LogP contribution in [0, 0.1) is 11.6 Å². The largest absolute Gasteiger partial charge is 0.348 e. The fraction of sp³-hybridized carbons (Fsp3) is 0.278. The Hall–Kier alpha value is -2.27. The molecule has 0 saturated heterocycles. The minimum absolute atomic E-state index is 0.0935. The standard InChI is InChI=1S/C18H20F2N2O/c1-12(15-8-9-16(19)17(20)10-15)21-11-18(23)22-13(2)14-6-4-3-5-7-14/h3-10,12-13,21H,11H2,1-2H3,(H,22,23)/t12-,13-/m1/s1. The summed E-state index contributed by atoms with van der Waals surface area (Å²) in [6.45, 7) is 3.80. The van der Waals surface area contributed by atoms with Crippen LogP contribution in [0.1, 0.15) is 37.1 Å². The van der Waals surface area contributed by atoms with Gasteiger partial charge in [0.25, 0.3) is 0 Å². The lowest BCUT2D eigenvalue weighted by Crippen LogP contribution is -2.36. The lowest BCUT2D eigenvalue weighted by Gasteiger charge is -2.17. The third-order valence-corrected chi connectivity index (χ3v) is 3.69. The molecule has 5 heteroatoms. The van der Waals surface area contributed by atoms with E-state index in [2.05, 4.69) is 10.6 Å². The molecule has 2 aromatic carbocycles. The highest BCUT2D eigenvalue weighted by molar-refractivity contribution is 5.78. The first-order valence-electron chi connectivity index (χ1n) is 7.50. The van der Waals surface area contributed by atoms with E-state index in [1.807, 2.05) is 37.3 Å². The molecule has 0 heterocycles. The van der Waals surface area contributed by atoms with Crippen LogP contribution in [0.3, 0.4) is 0 Å². The van der Waals surface area contributed by atoms with E-state index in [0.717, 1.165) is 17.7 Å². The molecule has 2 atom stereocenters. The molecular weight excluding hydrogens is 298 g/mol. The van der Waals surface area contributed by atoms with Gasteiger partial charge in [-0.3, -0.25) is 4.79 Å². The van der Waals surface area contributed by atoms with E-state index < -0.39 is 11.6 Å². The number of hydrogen-bond acceptors (Lipinski definition) is 2. The zero-order valence-electron chi connectivity index (χ0n) is 13.1. The summed E-state index contributed by atoms with van der Waals surface area (Å²) in [6.07, 6.45) is 0. The molecule has 122 valence electrons. The van der Waals surface area contributed by atoms with E-state index in [4.69, 9.17) is 0 Å². The van der Waals surface area contributed by atoms with Gasteiger partial charge in [0.1, 0.15) is 0 Å². The van der Waals surface area contributed by atoms with Gasteiger partial charge in [0.15, 0.2) is 11.6 Å². The molecule has 0 aliphatic carbocycles. The predicted molar refractivity (Wildman–Crippen MR) is 85.8 cm³/mol. The Morgan fingerprint density at radius 1 is 0.957 bits per heavy atom. The lowest BCUT2D eigenvalue weighted by molar-refractivity contribution is -0.121.